The number of benzene rings is 2. The summed E-state index contributed by atoms with van der Waals surface area (Å²) in [5, 5.41) is 1.24. The van der Waals surface area contributed by atoms with Gasteiger partial charge in [-0.2, -0.15) is 0 Å². The molecule has 0 atom stereocenters. The lowest BCUT2D eigenvalue weighted by Gasteiger charge is -2.19. The molecule has 4 rings (SSSR count). The first-order chi connectivity index (χ1) is 14.6. The number of aromatic nitrogens is 2. The smallest absolute Gasteiger partial charge is 0.229 e. The summed E-state index contributed by atoms with van der Waals surface area (Å²) < 4.78 is 0.963. The minimum absolute atomic E-state index is 0.0236. The van der Waals surface area contributed by atoms with Gasteiger partial charge in [0.05, 0.1) is 22.0 Å². The van der Waals surface area contributed by atoms with E-state index in [1.54, 1.807) is 22.9 Å². The zero-order valence-electron chi connectivity index (χ0n) is 16.4. The Morgan fingerprint density at radius 3 is 2.67 bits per heavy atom. The van der Waals surface area contributed by atoms with Gasteiger partial charge < -0.3 is 0 Å². The van der Waals surface area contributed by atoms with Crippen LogP contribution in [0.4, 0.5) is 5.13 Å². The first-order valence-electron chi connectivity index (χ1n) is 9.55. The SMILES string of the molecule is Cc1ccc(SCCC(=O)N(Cc2ccccn2)c2nc3c(Cl)cccc3s2)cc1. The molecule has 0 spiro atoms. The fourth-order valence-electron chi connectivity index (χ4n) is 2.96. The number of fused-ring (bicyclic) bond motifs is 1. The molecule has 0 aliphatic rings. The second-order valence-electron chi connectivity index (χ2n) is 6.80. The van der Waals surface area contributed by atoms with E-state index >= 15 is 0 Å². The molecule has 0 aliphatic carbocycles. The number of nitrogens with zero attached hydrogens (tertiary/aromatic N) is 3. The van der Waals surface area contributed by atoms with Crippen molar-refractivity contribution in [2.45, 2.75) is 24.8 Å². The van der Waals surface area contributed by atoms with Crippen molar-refractivity contribution in [2.75, 3.05) is 10.7 Å². The van der Waals surface area contributed by atoms with Crippen LogP contribution in [0.2, 0.25) is 5.02 Å². The number of aryl methyl sites for hydroxylation is 1. The van der Waals surface area contributed by atoms with Crippen LogP contribution < -0.4 is 4.90 Å². The molecule has 0 unspecified atom stereocenters. The molecule has 30 heavy (non-hydrogen) atoms. The van der Waals surface area contributed by atoms with E-state index in [0.717, 1.165) is 20.8 Å². The minimum atomic E-state index is 0.0236. The van der Waals surface area contributed by atoms with Gasteiger partial charge in [-0.3, -0.25) is 14.7 Å². The van der Waals surface area contributed by atoms with Crippen molar-refractivity contribution in [2.24, 2.45) is 0 Å². The van der Waals surface area contributed by atoms with Gasteiger partial charge in [0.15, 0.2) is 5.13 Å². The number of hydrogen-bond acceptors (Lipinski definition) is 5. The second kappa shape index (κ2) is 9.60. The van der Waals surface area contributed by atoms with Crippen LogP contribution in [0.25, 0.3) is 10.2 Å². The van der Waals surface area contributed by atoms with Gasteiger partial charge in [-0.15, -0.1) is 11.8 Å². The number of thioether (sulfide) groups is 1. The molecular formula is C23H20ClN3OS2. The molecule has 2 heterocycles. The summed E-state index contributed by atoms with van der Waals surface area (Å²) in [6.45, 7) is 2.45. The monoisotopic (exact) mass is 453 g/mol. The third kappa shape index (κ3) is 5.01. The molecule has 152 valence electrons. The maximum absolute atomic E-state index is 13.2. The van der Waals surface area contributed by atoms with Gasteiger partial charge in [0.1, 0.15) is 5.52 Å². The quantitative estimate of drug-likeness (QED) is 0.305. The lowest BCUT2D eigenvalue weighted by Crippen LogP contribution is -2.30. The third-order valence-electron chi connectivity index (χ3n) is 4.54. The van der Waals surface area contributed by atoms with Crippen molar-refractivity contribution in [3.63, 3.8) is 0 Å². The number of pyridine rings is 1. The van der Waals surface area contributed by atoms with E-state index in [4.69, 9.17) is 11.6 Å². The Morgan fingerprint density at radius 2 is 1.93 bits per heavy atom. The molecule has 0 fully saturated rings. The summed E-state index contributed by atoms with van der Waals surface area (Å²) in [6, 6.07) is 19.7. The summed E-state index contributed by atoms with van der Waals surface area (Å²) in [4.78, 5) is 25.1. The molecule has 1 amide bonds. The second-order valence-corrected chi connectivity index (χ2v) is 9.38. The number of rotatable bonds is 7. The van der Waals surface area contributed by atoms with E-state index in [9.17, 15) is 4.79 Å². The van der Waals surface area contributed by atoms with Gasteiger partial charge >= 0.3 is 0 Å². The molecule has 4 aromatic rings. The summed E-state index contributed by atoms with van der Waals surface area (Å²) in [5.74, 6) is 0.724. The molecular weight excluding hydrogens is 434 g/mol. The molecule has 0 radical (unpaired) electrons. The van der Waals surface area contributed by atoms with Crippen molar-refractivity contribution in [1.29, 1.82) is 0 Å². The lowest BCUT2D eigenvalue weighted by molar-refractivity contribution is -0.118. The zero-order chi connectivity index (χ0) is 20.9. The topological polar surface area (TPSA) is 46.1 Å². The highest BCUT2D eigenvalue weighted by atomic mass is 35.5. The van der Waals surface area contributed by atoms with Crippen LogP contribution in [0, 0.1) is 6.92 Å². The molecule has 0 saturated carbocycles. The standard InChI is InChI=1S/C23H20ClN3OS2/c1-16-8-10-18(11-9-16)29-14-12-21(28)27(15-17-5-2-3-13-25-17)23-26-22-19(24)6-4-7-20(22)30-23/h2-11,13H,12,14-15H2,1H3. The van der Waals surface area contributed by atoms with Gasteiger partial charge in [0.2, 0.25) is 5.91 Å². The van der Waals surface area contributed by atoms with Crippen molar-refractivity contribution in [3.8, 4) is 0 Å². The summed E-state index contributed by atoms with van der Waals surface area (Å²) in [7, 11) is 0. The van der Waals surface area contributed by atoms with E-state index in [1.807, 2.05) is 36.4 Å². The highest BCUT2D eigenvalue weighted by Gasteiger charge is 2.21. The summed E-state index contributed by atoms with van der Waals surface area (Å²) in [6.07, 6.45) is 2.15. The molecule has 0 bridgehead atoms. The van der Waals surface area contributed by atoms with Crippen molar-refractivity contribution >= 4 is 56.0 Å². The fourth-order valence-corrected chi connectivity index (χ4v) is 5.08. The number of hydrogen-bond donors (Lipinski definition) is 0. The number of thiazole rings is 1. The first kappa shape index (κ1) is 20.8. The van der Waals surface area contributed by atoms with Crippen LogP contribution in [-0.4, -0.2) is 21.6 Å². The minimum Gasteiger partial charge on any atom is -0.282 e. The summed E-state index contributed by atoms with van der Waals surface area (Å²) in [5.41, 5.74) is 2.78. The molecule has 0 N–H and O–H groups in total. The number of para-hydroxylation sites is 1. The zero-order valence-corrected chi connectivity index (χ0v) is 18.8. The van der Waals surface area contributed by atoms with Crippen molar-refractivity contribution in [1.82, 2.24) is 9.97 Å². The van der Waals surface area contributed by atoms with Crippen LogP contribution in [-0.2, 0) is 11.3 Å². The molecule has 7 heteroatoms. The third-order valence-corrected chi connectivity index (χ3v) is 6.90. The molecule has 2 aromatic carbocycles. The molecule has 0 aliphatic heterocycles. The number of amides is 1. The van der Waals surface area contributed by atoms with Gasteiger partial charge in [-0.1, -0.05) is 52.8 Å². The van der Waals surface area contributed by atoms with Crippen LogP contribution in [0.3, 0.4) is 0 Å². The normalized spacial score (nSPS) is 11.0. The Labute approximate surface area is 188 Å². The fraction of sp³-hybridized carbons (Fsp3) is 0.174. The highest BCUT2D eigenvalue weighted by Crippen LogP contribution is 2.34. The number of anilines is 1. The maximum atomic E-state index is 13.2. The Bertz CT molecular complexity index is 1150. The van der Waals surface area contributed by atoms with Gasteiger partial charge in [0.25, 0.3) is 0 Å². The van der Waals surface area contributed by atoms with Crippen LogP contribution in [0.1, 0.15) is 17.7 Å². The molecule has 0 saturated heterocycles. The summed E-state index contributed by atoms with van der Waals surface area (Å²) >= 11 is 9.46. The van der Waals surface area contributed by atoms with Crippen LogP contribution >= 0.6 is 34.7 Å². The van der Waals surface area contributed by atoms with E-state index in [2.05, 4.69) is 41.2 Å². The van der Waals surface area contributed by atoms with Crippen molar-refractivity contribution in [3.05, 3.63) is 83.1 Å². The van der Waals surface area contributed by atoms with Crippen LogP contribution in [0.5, 0.6) is 0 Å². The highest BCUT2D eigenvalue weighted by molar-refractivity contribution is 7.99. The van der Waals surface area contributed by atoms with E-state index in [0.29, 0.717) is 28.9 Å². The van der Waals surface area contributed by atoms with E-state index in [-0.39, 0.29) is 5.91 Å². The van der Waals surface area contributed by atoms with Gasteiger partial charge in [-0.25, -0.2) is 4.98 Å². The Balaban J connectivity index is 1.53. The van der Waals surface area contributed by atoms with E-state index < -0.39 is 0 Å². The first-order valence-corrected chi connectivity index (χ1v) is 11.7. The Morgan fingerprint density at radius 1 is 1.10 bits per heavy atom. The largest absolute Gasteiger partial charge is 0.282 e. The number of carbonyl (C=O) groups excluding carboxylic acids is 1. The molecule has 2 aromatic heterocycles. The average Bonchev–Trinajstić information content (AvgIpc) is 3.19. The van der Waals surface area contributed by atoms with Crippen LogP contribution in [0.15, 0.2) is 71.8 Å². The average molecular weight is 454 g/mol. The predicted molar refractivity (Wildman–Crippen MR) is 127 cm³/mol. The maximum Gasteiger partial charge on any atom is 0.229 e. The Kier molecular flexibility index (Phi) is 6.67. The van der Waals surface area contributed by atoms with E-state index in [1.165, 1.54) is 16.9 Å². The number of carbonyl (C=O) groups is 1. The van der Waals surface area contributed by atoms with Gasteiger partial charge in [0, 0.05) is 23.3 Å². The predicted octanol–water partition coefficient (Wildman–Crippen LogP) is 6.37. The molecule has 4 nitrogen and oxygen atoms in total. The van der Waals surface area contributed by atoms with Gasteiger partial charge in [-0.05, 0) is 43.3 Å². The number of halogens is 1. The lowest BCUT2D eigenvalue weighted by atomic mass is 10.2. The Hall–Kier alpha value is -2.41. The van der Waals surface area contributed by atoms with Crippen molar-refractivity contribution < 1.29 is 4.79 Å².